The maximum absolute atomic E-state index is 12.3. The number of nitrogens with one attached hydrogen (secondary N) is 1. The normalized spacial score (nSPS) is 11.6. The summed E-state index contributed by atoms with van der Waals surface area (Å²) >= 11 is 0.965. The first-order chi connectivity index (χ1) is 9.24. The number of nitrogens with zero attached hydrogens (tertiary/aromatic N) is 1. The molecule has 0 saturated heterocycles. The summed E-state index contributed by atoms with van der Waals surface area (Å²) in [5.74, 6) is -1.03. The zero-order valence-corrected chi connectivity index (χ0v) is 12.6. The van der Waals surface area contributed by atoms with Gasteiger partial charge in [0.05, 0.1) is 5.69 Å². The molecule has 2 aromatic heterocycles. The van der Waals surface area contributed by atoms with E-state index < -0.39 is 16.0 Å². The van der Waals surface area contributed by atoms with Crippen molar-refractivity contribution in [1.29, 1.82) is 0 Å². The molecule has 0 unspecified atom stereocenters. The number of sulfonamides is 1. The van der Waals surface area contributed by atoms with Gasteiger partial charge in [-0.15, -0.1) is 11.3 Å². The van der Waals surface area contributed by atoms with E-state index in [1.54, 1.807) is 12.3 Å². The third kappa shape index (κ3) is 2.41. The average Bonchev–Trinajstić information content (AvgIpc) is 2.84. The molecule has 2 heterocycles. The first kappa shape index (κ1) is 14.5. The molecule has 0 aliphatic rings. The molecular weight excluding hydrogens is 304 g/mol. The predicted octanol–water partition coefficient (Wildman–Crippen LogP) is 2.16. The molecule has 0 aromatic carbocycles. The van der Waals surface area contributed by atoms with E-state index in [2.05, 4.69) is 9.88 Å². The molecule has 0 fully saturated rings. The van der Waals surface area contributed by atoms with Gasteiger partial charge in [0.25, 0.3) is 10.0 Å². The van der Waals surface area contributed by atoms with Crippen molar-refractivity contribution in [2.45, 2.75) is 25.7 Å². The lowest BCUT2D eigenvalue weighted by molar-refractivity contribution is 0.0703. The Morgan fingerprint density at radius 3 is 2.55 bits per heavy atom. The maximum Gasteiger partial charge on any atom is 0.348 e. The Balaban J connectivity index is 2.50. The lowest BCUT2D eigenvalue weighted by Gasteiger charge is -2.08. The summed E-state index contributed by atoms with van der Waals surface area (Å²) in [7, 11) is -3.94. The van der Waals surface area contributed by atoms with Gasteiger partial charge in [0, 0.05) is 0 Å². The molecule has 2 aromatic rings. The standard InChI is InChI=1S/C11H12N2O5S2/c1-5-4-19-9(11(14)15)8(5)13-20(16,17)10-6(2)12-18-7(10)3/h4,13H,1-3H3,(H,14,15). The highest BCUT2D eigenvalue weighted by Gasteiger charge is 2.27. The van der Waals surface area contributed by atoms with Crippen molar-refractivity contribution >= 4 is 33.0 Å². The Morgan fingerprint density at radius 2 is 2.05 bits per heavy atom. The Kier molecular flexibility index (Phi) is 3.57. The van der Waals surface area contributed by atoms with Crippen LogP contribution < -0.4 is 4.72 Å². The molecule has 0 amide bonds. The second kappa shape index (κ2) is 4.91. The van der Waals surface area contributed by atoms with Crippen LogP contribution >= 0.6 is 11.3 Å². The highest BCUT2D eigenvalue weighted by Crippen LogP contribution is 2.31. The van der Waals surface area contributed by atoms with Crippen LogP contribution in [0.4, 0.5) is 5.69 Å². The number of carboxylic acid groups (broad SMARTS) is 1. The zero-order valence-electron chi connectivity index (χ0n) is 10.9. The maximum atomic E-state index is 12.3. The summed E-state index contributed by atoms with van der Waals surface area (Å²) in [6, 6.07) is 0. The summed E-state index contributed by atoms with van der Waals surface area (Å²) < 4.78 is 31.8. The van der Waals surface area contributed by atoms with Gasteiger partial charge in [0.1, 0.15) is 10.6 Å². The van der Waals surface area contributed by atoms with Gasteiger partial charge in [0.2, 0.25) is 0 Å². The molecule has 2 N–H and O–H groups in total. The fourth-order valence-electron chi connectivity index (χ4n) is 1.77. The van der Waals surface area contributed by atoms with Crippen molar-refractivity contribution in [3.63, 3.8) is 0 Å². The molecule has 0 saturated carbocycles. The van der Waals surface area contributed by atoms with E-state index >= 15 is 0 Å². The van der Waals surface area contributed by atoms with Gasteiger partial charge in [-0.05, 0) is 31.7 Å². The van der Waals surface area contributed by atoms with Crippen LogP contribution in [0.3, 0.4) is 0 Å². The van der Waals surface area contributed by atoms with Crippen molar-refractivity contribution in [2.75, 3.05) is 4.72 Å². The molecule has 9 heteroatoms. The third-order valence-corrected chi connectivity index (χ3v) is 5.32. The zero-order chi connectivity index (χ0) is 15.1. The Bertz CT molecular complexity index is 753. The quantitative estimate of drug-likeness (QED) is 0.894. The fourth-order valence-corrected chi connectivity index (χ4v) is 4.16. The average molecular weight is 316 g/mol. The van der Waals surface area contributed by atoms with E-state index in [1.165, 1.54) is 13.8 Å². The smallest absolute Gasteiger partial charge is 0.348 e. The van der Waals surface area contributed by atoms with Crippen molar-refractivity contribution in [2.24, 2.45) is 0 Å². The first-order valence-electron chi connectivity index (χ1n) is 5.51. The third-order valence-electron chi connectivity index (χ3n) is 2.64. The molecule has 0 radical (unpaired) electrons. The SMILES string of the molecule is Cc1csc(C(=O)O)c1NS(=O)(=O)c1c(C)noc1C. The number of aryl methyl sites for hydroxylation is 3. The van der Waals surface area contributed by atoms with Gasteiger partial charge in [-0.3, -0.25) is 4.72 Å². The number of aromatic nitrogens is 1. The lowest BCUT2D eigenvalue weighted by atomic mass is 10.3. The molecule has 108 valence electrons. The van der Waals surface area contributed by atoms with E-state index in [4.69, 9.17) is 9.63 Å². The molecule has 0 atom stereocenters. The lowest BCUT2D eigenvalue weighted by Crippen LogP contribution is -2.16. The molecule has 7 nitrogen and oxygen atoms in total. The van der Waals surface area contributed by atoms with Crippen molar-refractivity contribution in [3.8, 4) is 0 Å². The van der Waals surface area contributed by atoms with E-state index in [0.29, 0.717) is 5.56 Å². The first-order valence-corrected chi connectivity index (χ1v) is 7.87. The van der Waals surface area contributed by atoms with Crippen molar-refractivity contribution in [1.82, 2.24) is 5.16 Å². The molecule has 0 spiro atoms. The Hall–Kier alpha value is -1.87. The molecule has 0 bridgehead atoms. The number of thiophene rings is 1. The van der Waals surface area contributed by atoms with Crippen LogP contribution in [0.5, 0.6) is 0 Å². The van der Waals surface area contributed by atoms with E-state index in [9.17, 15) is 13.2 Å². The van der Waals surface area contributed by atoms with Crippen LogP contribution in [0.1, 0.15) is 26.7 Å². The minimum atomic E-state index is -3.94. The Morgan fingerprint density at radius 1 is 1.40 bits per heavy atom. The number of hydrogen-bond donors (Lipinski definition) is 2. The minimum absolute atomic E-state index is 0.0576. The number of hydrogen-bond acceptors (Lipinski definition) is 6. The highest BCUT2D eigenvalue weighted by molar-refractivity contribution is 7.92. The van der Waals surface area contributed by atoms with E-state index in [0.717, 1.165) is 11.3 Å². The second-order valence-electron chi connectivity index (χ2n) is 4.19. The van der Waals surface area contributed by atoms with Crippen LogP contribution in [-0.2, 0) is 10.0 Å². The second-order valence-corrected chi connectivity index (χ2v) is 6.69. The summed E-state index contributed by atoms with van der Waals surface area (Å²) in [5.41, 5.74) is 0.838. The molecular formula is C11H12N2O5S2. The van der Waals surface area contributed by atoms with Crippen LogP contribution in [0.15, 0.2) is 14.8 Å². The predicted molar refractivity (Wildman–Crippen MR) is 72.8 cm³/mol. The van der Waals surface area contributed by atoms with Gasteiger partial charge in [-0.2, -0.15) is 0 Å². The largest absolute Gasteiger partial charge is 0.477 e. The van der Waals surface area contributed by atoms with Gasteiger partial charge >= 0.3 is 5.97 Å². The van der Waals surface area contributed by atoms with Crippen molar-refractivity contribution < 1.29 is 22.8 Å². The van der Waals surface area contributed by atoms with E-state index in [-0.39, 0.29) is 26.9 Å². The Labute approximate surface area is 119 Å². The minimum Gasteiger partial charge on any atom is -0.477 e. The molecule has 20 heavy (non-hydrogen) atoms. The molecule has 0 aliphatic carbocycles. The number of carbonyl (C=O) groups is 1. The van der Waals surface area contributed by atoms with E-state index in [1.807, 2.05) is 0 Å². The fraction of sp³-hybridized carbons (Fsp3) is 0.273. The number of aromatic carboxylic acids is 1. The molecule has 0 aliphatic heterocycles. The van der Waals surface area contributed by atoms with Gasteiger partial charge < -0.3 is 9.63 Å². The monoisotopic (exact) mass is 316 g/mol. The van der Waals surface area contributed by atoms with Crippen molar-refractivity contribution in [3.05, 3.63) is 27.3 Å². The number of rotatable bonds is 4. The van der Waals surface area contributed by atoms with Gasteiger partial charge in [0.15, 0.2) is 10.7 Å². The summed E-state index contributed by atoms with van der Waals surface area (Å²) in [6.45, 7) is 4.62. The number of carboxylic acids is 1. The number of anilines is 1. The van der Waals surface area contributed by atoms with Crippen LogP contribution in [0, 0.1) is 20.8 Å². The van der Waals surface area contributed by atoms with Crippen LogP contribution in [-0.4, -0.2) is 24.7 Å². The topological polar surface area (TPSA) is 110 Å². The van der Waals surface area contributed by atoms with Gasteiger partial charge in [-0.25, -0.2) is 13.2 Å². The summed E-state index contributed by atoms with van der Waals surface area (Å²) in [4.78, 5) is 11.0. The van der Waals surface area contributed by atoms with Gasteiger partial charge in [-0.1, -0.05) is 5.16 Å². The summed E-state index contributed by atoms with van der Waals surface area (Å²) in [5, 5.41) is 14.2. The summed E-state index contributed by atoms with van der Waals surface area (Å²) in [6.07, 6.45) is 0. The van der Waals surface area contributed by atoms with Crippen LogP contribution in [0.25, 0.3) is 0 Å². The molecule has 2 rings (SSSR count). The highest BCUT2D eigenvalue weighted by atomic mass is 32.2. The van der Waals surface area contributed by atoms with Crippen LogP contribution in [0.2, 0.25) is 0 Å².